The smallest absolute Gasteiger partial charge is 0.319 e. The summed E-state index contributed by atoms with van der Waals surface area (Å²) >= 11 is 0. The first-order chi connectivity index (χ1) is 11.5. The quantitative estimate of drug-likeness (QED) is 0.791. The summed E-state index contributed by atoms with van der Waals surface area (Å²) in [6.45, 7) is 4.45. The van der Waals surface area contributed by atoms with Gasteiger partial charge in [-0.15, -0.1) is 0 Å². The molecule has 0 radical (unpaired) electrons. The number of rotatable bonds is 4. The molecule has 3 amide bonds. The van der Waals surface area contributed by atoms with E-state index in [1.165, 1.54) is 6.42 Å². The van der Waals surface area contributed by atoms with Gasteiger partial charge in [0.05, 0.1) is 0 Å². The van der Waals surface area contributed by atoms with Gasteiger partial charge in [0.2, 0.25) is 0 Å². The normalized spacial score (nSPS) is 26.5. The van der Waals surface area contributed by atoms with Gasteiger partial charge in [-0.1, -0.05) is 32.8 Å². The van der Waals surface area contributed by atoms with Gasteiger partial charge in [-0.2, -0.15) is 0 Å². The average Bonchev–Trinajstić information content (AvgIpc) is 3.36. The van der Waals surface area contributed by atoms with Gasteiger partial charge in [-0.25, -0.2) is 4.79 Å². The highest BCUT2D eigenvalue weighted by molar-refractivity contribution is 5.97. The standard InChI is InChI=1S/C19H27N3O2/c1-12-5-3-8-17(13(12)2)22-19(24)21-16-7-4-6-14(11-16)18(23)20-15-9-10-15/h4,6-7,11-13,15,17H,3,5,8-10H2,1-2H3,(H,20,23)(H2,21,22,24)/t12-,13+,17+/m1/s1. The number of hydrogen-bond acceptors (Lipinski definition) is 2. The molecular formula is C19H27N3O2. The van der Waals surface area contributed by atoms with Crippen molar-refractivity contribution >= 4 is 17.6 Å². The van der Waals surface area contributed by atoms with Crippen LogP contribution >= 0.6 is 0 Å². The van der Waals surface area contributed by atoms with Gasteiger partial charge < -0.3 is 16.0 Å². The lowest BCUT2D eigenvalue weighted by Crippen LogP contribution is -2.45. The van der Waals surface area contributed by atoms with E-state index in [9.17, 15) is 9.59 Å². The first kappa shape index (κ1) is 16.8. The zero-order valence-electron chi connectivity index (χ0n) is 14.5. The zero-order chi connectivity index (χ0) is 17.1. The van der Waals surface area contributed by atoms with Crippen LogP contribution in [0.1, 0.15) is 56.3 Å². The molecule has 0 heterocycles. The van der Waals surface area contributed by atoms with Crippen LogP contribution in [0, 0.1) is 11.8 Å². The highest BCUT2D eigenvalue weighted by Crippen LogP contribution is 2.29. The van der Waals surface area contributed by atoms with Gasteiger partial charge in [0.15, 0.2) is 0 Å². The van der Waals surface area contributed by atoms with Crippen LogP contribution in [0.4, 0.5) is 10.5 Å². The summed E-state index contributed by atoms with van der Waals surface area (Å²) in [5, 5.41) is 8.91. The Morgan fingerprint density at radius 1 is 1.04 bits per heavy atom. The number of amides is 3. The van der Waals surface area contributed by atoms with Gasteiger partial charge in [0.1, 0.15) is 0 Å². The van der Waals surface area contributed by atoms with Crippen LogP contribution in [-0.2, 0) is 0 Å². The molecule has 0 bridgehead atoms. The van der Waals surface area contributed by atoms with E-state index in [1.54, 1.807) is 24.3 Å². The second-order valence-electron chi connectivity index (χ2n) is 7.30. The largest absolute Gasteiger partial charge is 0.349 e. The summed E-state index contributed by atoms with van der Waals surface area (Å²) in [5.41, 5.74) is 1.23. The van der Waals surface area contributed by atoms with Gasteiger partial charge in [-0.05, 0) is 49.3 Å². The highest BCUT2D eigenvalue weighted by atomic mass is 16.2. The van der Waals surface area contributed by atoms with Gasteiger partial charge >= 0.3 is 6.03 Å². The first-order valence-corrected chi connectivity index (χ1v) is 9.01. The molecule has 0 unspecified atom stereocenters. The minimum absolute atomic E-state index is 0.0729. The Hall–Kier alpha value is -2.04. The highest BCUT2D eigenvalue weighted by Gasteiger charge is 2.28. The van der Waals surface area contributed by atoms with Gasteiger partial charge in [0, 0.05) is 23.3 Å². The Morgan fingerprint density at radius 2 is 1.83 bits per heavy atom. The molecule has 0 spiro atoms. The van der Waals surface area contributed by atoms with Crippen molar-refractivity contribution in [2.75, 3.05) is 5.32 Å². The van der Waals surface area contributed by atoms with Gasteiger partial charge in [-0.3, -0.25) is 4.79 Å². The van der Waals surface area contributed by atoms with Crippen LogP contribution in [-0.4, -0.2) is 24.0 Å². The van der Waals surface area contributed by atoms with Crippen LogP contribution in [0.3, 0.4) is 0 Å². The molecular weight excluding hydrogens is 302 g/mol. The van der Waals surface area contributed by atoms with Crippen LogP contribution < -0.4 is 16.0 Å². The molecule has 3 rings (SSSR count). The lowest BCUT2D eigenvalue weighted by atomic mass is 9.78. The van der Waals surface area contributed by atoms with E-state index < -0.39 is 0 Å². The van der Waals surface area contributed by atoms with E-state index >= 15 is 0 Å². The lowest BCUT2D eigenvalue weighted by Gasteiger charge is -2.34. The molecule has 1 aromatic rings. The molecule has 3 N–H and O–H groups in total. The van der Waals surface area contributed by atoms with E-state index in [2.05, 4.69) is 29.8 Å². The summed E-state index contributed by atoms with van der Waals surface area (Å²) < 4.78 is 0. The Labute approximate surface area is 143 Å². The van der Waals surface area contributed by atoms with E-state index in [1.807, 2.05) is 0 Å². The van der Waals surface area contributed by atoms with Crippen LogP contribution in [0.25, 0.3) is 0 Å². The third kappa shape index (κ3) is 4.28. The fourth-order valence-electron chi connectivity index (χ4n) is 3.36. The monoisotopic (exact) mass is 329 g/mol. The molecule has 24 heavy (non-hydrogen) atoms. The molecule has 2 aliphatic carbocycles. The molecule has 5 heteroatoms. The average molecular weight is 329 g/mol. The Kier molecular flexibility index (Phi) is 5.07. The molecule has 3 atom stereocenters. The molecule has 130 valence electrons. The fourth-order valence-corrected chi connectivity index (χ4v) is 3.36. The molecule has 0 aromatic heterocycles. The zero-order valence-corrected chi connectivity index (χ0v) is 14.5. The van der Waals surface area contributed by atoms with Crippen molar-refractivity contribution in [3.8, 4) is 0 Å². The number of benzene rings is 1. The summed E-state index contributed by atoms with van der Waals surface area (Å²) in [7, 11) is 0. The number of urea groups is 1. The molecule has 2 fully saturated rings. The van der Waals surface area contributed by atoms with Crippen molar-refractivity contribution in [1.29, 1.82) is 0 Å². The van der Waals surface area contributed by atoms with Crippen molar-refractivity contribution in [3.05, 3.63) is 29.8 Å². The number of nitrogens with one attached hydrogen (secondary N) is 3. The number of hydrogen-bond donors (Lipinski definition) is 3. The SMILES string of the molecule is C[C@H]1[C@H](C)CCC[C@@H]1NC(=O)Nc1cccc(C(=O)NC2CC2)c1. The minimum Gasteiger partial charge on any atom is -0.349 e. The summed E-state index contributed by atoms with van der Waals surface area (Å²) in [6.07, 6.45) is 5.54. The molecule has 2 aliphatic rings. The number of carbonyl (C=O) groups is 2. The molecule has 5 nitrogen and oxygen atoms in total. The second kappa shape index (κ2) is 7.24. The summed E-state index contributed by atoms with van der Waals surface area (Å²) in [5.74, 6) is 1.05. The van der Waals surface area contributed by atoms with Crippen molar-refractivity contribution < 1.29 is 9.59 Å². The molecule has 2 saturated carbocycles. The Morgan fingerprint density at radius 3 is 2.58 bits per heavy atom. The first-order valence-electron chi connectivity index (χ1n) is 9.01. The van der Waals surface area contributed by atoms with Crippen molar-refractivity contribution in [2.24, 2.45) is 11.8 Å². The lowest BCUT2D eigenvalue weighted by molar-refractivity contribution is 0.0951. The van der Waals surface area contributed by atoms with Crippen molar-refractivity contribution in [3.63, 3.8) is 0 Å². The summed E-state index contributed by atoms with van der Waals surface area (Å²) in [6, 6.07) is 7.45. The maximum atomic E-state index is 12.3. The molecule has 1 aromatic carbocycles. The second-order valence-corrected chi connectivity index (χ2v) is 7.30. The predicted octanol–water partition coefficient (Wildman–Crippen LogP) is 3.53. The van der Waals surface area contributed by atoms with Gasteiger partial charge in [0.25, 0.3) is 5.91 Å². The van der Waals surface area contributed by atoms with E-state index in [-0.39, 0.29) is 18.0 Å². The summed E-state index contributed by atoms with van der Waals surface area (Å²) in [4.78, 5) is 24.4. The molecule has 0 saturated heterocycles. The van der Waals surface area contributed by atoms with Crippen molar-refractivity contribution in [1.82, 2.24) is 10.6 Å². The van der Waals surface area contributed by atoms with E-state index in [0.717, 1.165) is 25.7 Å². The Bertz CT molecular complexity index is 612. The third-order valence-corrected chi connectivity index (χ3v) is 5.32. The Balaban J connectivity index is 1.56. The van der Waals surface area contributed by atoms with Crippen LogP contribution in [0.15, 0.2) is 24.3 Å². The third-order valence-electron chi connectivity index (χ3n) is 5.32. The fraction of sp³-hybridized carbons (Fsp3) is 0.579. The maximum Gasteiger partial charge on any atom is 0.319 e. The van der Waals surface area contributed by atoms with E-state index in [4.69, 9.17) is 0 Å². The van der Waals surface area contributed by atoms with E-state index in [0.29, 0.717) is 29.1 Å². The van der Waals surface area contributed by atoms with Crippen LogP contribution in [0.5, 0.6) is 0 Å². The number of carbonyl (C=O) groups excluding carboxylic acids is 2. The van der Waals surface area contributed by atoms with Crippen LogP contribution in [0.2, 0.25) is 0 Å². The minimum atomic E-state index is -0.194. The van der Waals surface area contributed by atoms with Crippen molar-refractivity contribution in [2.45, 2.75) is 58.0 Å². The topological polar surface area (TPSA) is 70.2 Å². The molecule has 0 aliphatic heterocycles. The maximum absolute atomic E-state index is 12.3. The predicted molar refractivity (Wildman–Crippen MR) is 95.1 cm³/mol. The number of anilines is 1.